The molecule has 0 aromatic heterocycles. The summed E-state index contributed by atoms with van der Waals surface area (Å²) in [6, 6.07) is 15.7. The van der Waals surface area contributed by atoms with Crippen LogP contribution in [0.2, 0.25) is 0 Å². The summed E-state index contributed by atoms with van der Waals surface area (Å²) in [5.74, 6) is -3.48. The SMILES string of the molecule is COC(=O)C1(CC(=O)N(c2ccccc2)C2CCCC(F)(F)C2)CCN(C(=O)c2ccc(C(C)C)cc2)CC1. The van der Waals surface area contributed by atoms with Crippen molar-refractivity contribution < 1.29 is 27.9 Å². The molecule has 1 aliphatic heterocycles. The van der Waals surface area contributed by atoms with E-state index in [9.17, 15) is 23.2 Å². The van der Waals surface area contributed by atoms with Crippen molar-refractivity contribution in [3.05, 3.63) is 65.7 Å². The third-order valence-corrected chi connectivity index (χ3v) is 8.22. The van der Waals surface area contributed by atoms with Crippen molar-refractivity contribution in [2.45, 2.75) is 76.7 Å². The van der Waals surface area contributed by atoms with Crippen LogP contribution >= 0.6 is 0 Å². The lowest BCUT2D eigenvalue weighted by Gasteiger charge is -2.42. The molecule has 1 unspecified atom stereocenters. The first kappa shape index (κ1) is 28.7. The van der Waals surface area contributed by atoms with Gasteiger partial charge in [-0.25, -0.2) is 8.78 Å². The molecule has 2 amide bonds. The van der Waals surface area contributed by atoms with E-state index in [1.54, 1.807) is 35.2 Å². The highest BCUT2D eigenvalue weighted by molar-refractivity contribution is 5.98. The molecule has 2 aromatic rings. The molecule has 0 radical (unpaired) electrons. The molecule has 1 saturated carbocycles. The van der Waals surface area contributed by atoms with Crippen molar-refractivity contribution in [3.63, 3.8) is 0 Å². The molecule has 0 N–H and O–H groups in total. The summed E-state index contributed by atoms with van der Waals surface area (Å²) in [4.78, 5) is 43.3. The predicted molar refractivity (Wildman–Crippen MR) is 146 cm³/mol. The van der Waals surface area contributed by atoms with E-state index in [1.807, 2.05) is 24.3 Å². The van der Waals surface area contributed by atoms with Crippen LogP contribution in [0.3, 0.4) is 0 Å². The average molecular weight is 541 g/mol. The van der Waals surface area contributed by atoms with E-state index in [4.69, 9.17) is 4.74 Å². The van der Waals surface area contributed by atoms with Gasteiger partial charge in [0.05, 0.1) is 12.5 Å². The zero-order valence-corrected chi connectivity index (χ0v) is 23.0. The molecule has 39 heavy (non-hydrogen) atoms. The lowest BCUT2D eigenvalue weighted by Crippen LogP contribution is -2.51. The molecule has 2 aromatic carbocycles. The second-order valence-electron chi connectivity index (χ2n) is 11.2. The Balaban J connectivity index is 1.52. The van der Waals surface area contributed by atoms with Gasteiger partial charge in [-0.2, -0.15) is 0 Å². The molecular weight excluding hydrogens is 502 g/mol. The first-order valence-electron chi connectivity index (χ1n) is 13.8. The van der Waals surface area contributed by atoms with Gasteiger partial charge in [0.2, 0.25) is 11.8 Å². The van der Waals surface area contributed by atoms with Gasteiger partial charge in [0.25, 0.3) is 5.91 Å². The van der Waals surface area contributed by atoms with E-state index in [1.165, 1.54) is 12.0 Å². The third-order valence-electron chi connectivity index (χ3n) is 8.22. The highest BCUT2D eigenvalue weighted by Gasteiger charge is 2.47. The number of likely N-dealkylation sites (tertiary alicyclic amines) is 1. The number of para-hydroxylation sites is 1. The fourth-order valence-electron chi connectivity index (χ4n) is 5.89. The predicted octanol–water partition coefficient (Wildman–Crippen LogP) is 6.21. The summed E-state index contributed by atoms with van der Waals surface area (Å²) in [6.45, 7) is 4.77. The largest absolute Gasteiger partial charge is 0.469 e. The number of alkyl halides is 2. The minimum atomic E-state index is -2.84. The highest BCUT2D eigenvalue weighted by Crippen LogP contribution is 2.41. The van der Waals surface area contributed by atoms with E-state index in [0.717, 1.165) is 5.56 Å². The number of carbonyl (C=O) groups is 3. The van der Waals surface area contributed by atoms with Gasteiger partial charge < -0.3 is 14.5 Å². The molecule has 1 heterocycles. The van der Waals surface area contributed by atoms with Gasteiger partial charge >= 0.3 is 5.97 Å². The first-order valence-corrected chi connectivity index (χ1v) is 13.8. The van der Waals surface area contributed by atoms with Gasteiger partial charge in [0.15, 0.2) is 0 Å². The van der Waals surface area contributed by atoms with Crippen molar-refractivity contribution in [1.29, 1.82) is 0 Å². The van der Waals surface area contributed by atoms with Gasteiger partial charge in [-0.15, -0.1) is 0 Å². The Hall–Kier alpha value is -3.29. The minimum absolute atomic E-state index is 0.120. The van der Waals surface area contributed by atoms with Crippen LogP contribution in [0.1, 0.15) is 80.6 Å². The number of esters is 1. The number of piperidine rings is 1. The molecule has 1 saturated heterocycles. The van der Waals surface area contributed by atoms with Crippen LogP contribution in [0.4, 0.5) is 14.5 Å². The molecule has 8 heteroatoms. The topological polar surface area (TPSA) is 66.9 Å². The molecule has 2 aliphatic rings. The van der Waals surface area contributed by atoms with E-state index in [2.05, 4.69) is 13.8 Å². The van der Waals surface area contributed by atoms with Crippen LogP contribution in [0.15, 0.2) is 54.6 Å². The van der Waals surface area contributed by atoms with Crippen molar-refractivity contribution in [1.82, 2.24) is 4.90 Å². The maximum Gasteiger partial charge on any atom is 0.312 e. The molecule has 2 fully saturated rings. The normalized spacial score (nSPS) is 20.4. The number of hydrogen-bond acceptors (Lipinski definition) is 4. The van der Waals surface area contributed by atoms with E-state index >= 15 is 0 Å². The van der Waals surface area contributed by atoms with Gasteiger partial charge in [0, 0.05) is 49.6 Å². The number of hydrogen-bond donors (Lipinski definition) is 0. The van der Waals surface area contributed by atoms with E-state index in [-0.39, 0.29) is 37.5 Å². The molecule has 210 valence electrons. The van der Waals surface area contributed by atoms with Crippen LogP contribution in [0.5, 0.6) is 0 Å². The summed E-state index contributed by atoms with van der Waals surface area (Å²) in [6.07, 6.45) is 0.551. The number of anilines is 1. The zero-order chi connectivity index (χ0) is 28.2. The monoisotopic (exact) mass is 540 g/mol. The second-order valence-corrected chi connectivity index (χ2v) is 11.2. The van der Waals surface area contributed by atoms with Crippen LogP contribution in [0, 0.1) is 5.41 Å². The lowest BCUT2D eigenvalue weighted by atomic mass is 9.74. The van der Waals surface area contributed by atoms with Crippen LogP contribution in [-0.2, 0) is 14.3 Å². The number of nitrogens with zero attached hydrogens (tertiary/aromatic N) is 2. The number of ether oxygens (including phenoxy) is 1. The molecule has 0 spiro atoms. The average Bonchev–Trinajstić information content (AvgIpc) is 2.93. The number of rotatable bonds is 7. The quantitative estimate of drug-likeness (QED) is 0.392. The van der Waals surface area contributed by atoms with Crippen LogP contribution < -0.4 is 4.90 Å². The van der Waals surface area contributed by atoms with Gasteiger partial charge in [-0.05, 0) is 61.4 Å². The number of benzene rings is 2. The van der Waals surface area contributed by atoms with Crippen molar-refractivity contribution >= 4 is 23.5 Å². The van der Waals surface area contributed by atoms with Crippen LogP contribution in [-0.4, -0.2) is 54.8 Å². The Morgan fingerprint density at radius 1 is 1.00 bits per heavy atom. The first-order chi connectivity index (χ1) is 18.5. The number of methoxy groups -OCH3 is 1. The van der Waals surface area contributed by atoms with Gasteiger partial charge in [0.1, 0.15) is 0 Å². The minimum Gasteiger partial charge on any atom is -0.469 e. The molecule has 4 rings (SSSR count). The summed E-state index contributed by atoms with van der Waals surface area (Å²) in [5, 5.41) is 0. The maximum absolute atomic E-state index is 14.4. The molecule has 1 aliphatic carbocycles. The summed E-state index contributed by atoms with van der Waals surface area (Å²) >= 11 is 0. The number of halogens is 2. The standard InChI is InChI=1S/C31H38F2N2O4/c1-22(2)23-11-13-24(14-12-23)28(37)34-18-16-30(17-19-34,29(38)39-3)21-27(36)35(25-8-5-4-6-9-25)26-10-7-15-31(32,33)20-26/h4-6,8-9,11-14,22,26H,7,10,15-21H2,1-3H3. The van der Waals surface area contributed by atoms with Gasteiger partial charge in [-0.1, -0.05) is 44.2 Å². The second kappa shape index (κ2) is 11.8. The maximum atomic E-state index is 14.4. The zero-order valence-electron chi connectivity index (χ0n) is 23.0. The Morgan fingerprint density at radius 2 is 1.64 bits per heavy atom. The van der Waals surface area contributed by atoms with Crippen molar-refractivity contribution in [2.75, 3.05) is 25.1 Å². The fourth-order valence-corrected chi connectivity index (χ4v) is 5.89. The molecule has 1 atom stereocenters. The van der Waals surface area contributed by atoms with Crippen LogP contribution in [0.25, 0.3) is 0 Å². The Kier molecular flexibility index (Phi) is 8.72. The van der Waals surface area contributed by atoms with E-state index < -0.39 is 29.8 Å². The number of amides is 2. The van der Waals surface area contributed by atoms with Crippen molar-refractivity contribution in [2.24, 2.45) is 5.41 Å². The third kappa shape index (κ3) is 6.48. The lowest BCUT2D eigenvalue weighted by molar-refractivity contribution is -0.158. The summed E-state index contributed by atoms with van der Waals surface area (Å²) in [7, 11) is 1.29. The van der Waals surface area contributed by atoms with E-state index in [0.29, 0.717) is 43.1 Å². The number of carbonyl (C=O) groups excluding carboxylic acids is 3. The van der Waals surface area contributed by atoms with Gasteiger partial charge in [-0.3, -0.25) is 14.4 Å². The highest BCUT2D eigenvalue weighted by atomic mass is 19.3. The summed E-state index contributed by atoms with van der Waals surface area (Å²) < 4.78 is 33.9. The molecule has 6 nitrogen and oxygen atoms in total. The Morgan fingerprint density at radius 3 is 2.21 bits per heavy atom. The smallest absolute Gasteiger partial charge is 0.312 e. The fraction of sp³-hybridized carbons (Fsp3) is 0.516. The molecular formula is C31H38F2N2O4. The molecule has 0 bridgehead atoms. The Bertz CT molecular complexity index is 1160. The van der Waals surface area contributed by atoms with Crippen molar-refractivity contribution in [3.8, 4) is 0 Å². The summed E-state index contributed by atoms with van der Waals surface area (Å²) in [5.41, 5.74) is 1.14. The Labute approximate surface area is 229 Å².